The number of nitrogens with one attached hydrogen (secondary N) is 1. The summed E-state index contributed by atoms with van der Waals surface area (Å²) in [5.41, 5.74) is 3.81. The molecule has 26 heavy (non-hydrogen) atoms. The van der Waals surface area contributed by atoms with Crippen LogP contribution in [-0.4, -0.2) is 38.6 Å². The molecular formula is C19H18N4O2S. The normalized spacial score (nSPS) is 17.0. The van der Waals surface area contributed by atoms with Crippen LogP contribution in [0.15, 0.2) is 48.5 Å². The Morgan fingerprint density at radius 2 is 1.96 bits per heavy atom. The number of benzene rings is 2. The molecule has 1 fully saturated rings. The van der Waals surface area contributed by atoms with Gasteiger partial charge in [-0.05, 0) is 23.3 Å². The number of amides is 2. The second kappa shape index (κ2) is 7.21. The van der Waals surface area contributed by atoms with Crippen molar-refractivity contribution >= 4 is 34.6 Å². The molecule has 132 valence electrons. The lowest BCUT2D eigenvalue weighted by molar-refractivity contribution is -0.133. The van der Waals surface area contributed by atoms with Gasteiger partial charge in [0.15, 0.2) is 0 Å². The molecule has 0 unspecified atom stereocenters. The molecule has 6 nitrogen and oxygen atoms in total. The van der Waals surface area contributed by atoms with Crippen molar-refractivity contribution in [2.24, 2.45) is 0 Å². The molecule has 2 amide bonds. The highest BCUT2D eigenvalue weighted by atomic mass is 32.1. The average molecular weight is 366 g/mol. The van der Waals surface area contributed by atoms with E-state index in [0.717, 1.165) is 22.2 Å². The zero-order chi connectivity index (χ0) is 17.9. The number of fused-ring (bicyclic) bond motifs is 1. The van der Waals surface area contributed by atoms with Crippen LogP contribution in [0.2, 0.25) is 0 Å². The van der Waals surface area contributed by atoms with Crippen molar-refractivity contribution in [2.75, 3.05) is 13.1 Å². The molecule has 1 aliphatic heterocycles. The van der Waals surface area contributed by atoms with Crippen molar-refractivity contribution in [1.82, 2.24) is 19.0 Å². The van der Waals surface area contributed by atoms with Gasteiger partial charge in [-0.15, -0.1) is 0 Å². The van der Waals surface area contributed by atoms with Gasteiger partial charge in [0.25, 0.3) is 0 Å². The van der Waals surface area contributed by atoms with Gasteiger partial charge in [-0.25, -0.2) is 0 Å². The van der Waals surface area contributed by atoms with Crippen molar-refractivity contribution in [3.8, 4) is 0 Å². The molecule has 3 aromatic rings. The standard InChI is InChI=1S/C19H18N4O2S/c24-18(20-10-13-6-7-16-17(8-13)22-26-21-16)12-23-11-15(9-19(23)25)14-4-2-1-3-5-14/h1-8,15H,9-12H2,(H,20,24)/t15-/m0/s1. The Labute approximate surface area is 155 Å². The lowest BCUT2D eigenvalue weighted by atomic mass is 9.99. The SMILES string of the molecule is O=C(CN1C[C@@H](c2ccccc2)CC1=O)NCc1ccc2nsnc2c1. The molecule has 7 heteroatoms. The van der Waals surface area contributed by atoms with E-state index in [1.807, 2.05) is 48.5 Å². The van der Waals surface area contributed by atoms with E-state index in [4.69, 9.17) is 0 Å². The number of nitrogens with zero attached hydrogens (tertiary/aromatic N) is 3. The van der Waals surface area contributed by atoms with Crippen molar-refractivity contribution in [2.45, 2.75) is 18.9 Å². The Morgan fingerprint density at radius 3 is 2.81 bits per heavy atom. The van der Waals surface area contributed by atoms with Gasteiger partial charge in [0.05, 0.1) is 18.3 Å². The molecule has 2 heterocycles. The summed E-state index contributed by atoms with van der Waals surface area (Å²) in [6.07, 6.45) is 0.463. The number of carbonyl (C=O) groups is 2. The first-order chi connectivity index (χ1) is 12.7. The lowest BCUT2D eigenvalue weighted by Gasteiger charge is -2.16. The third-order valence-electron chi connectivity index (χ3n) is 4.63. The highest BCUT2D eigenvalue weighted by Gasteiger charge is 2.31. The van der Waals surface area contributed by atoms with Crippen LogP contribution in [0.1, 0.15) is 23.5 Å². The average Bonchev–Trinajstić information content (AvgIpc) is 3.27. The second-order valence-electron chi connectivity index (χ2n) is 6.45. The van der Waals surface area contributed by atoms with Gasteiger partial charge >= 0.3 is 0 Å². The van der Waals surface area contributed by atoms with Gasteiger partial charge in [-0.3, -0.25) is 9.59 Å². The summed E-state index contributed by atoms with van der Waals surface area (Å²) in [4.78, 5) is 26.1. The van der Waals surface area contributed by atoms with Crippen LogP contribution in [0, 0.1) is 0 Å². The van der Waals surface area contributed by atoms with Crippen LogP contribution in [0.4, 0.5) is 0 Å². The summed E-state index contributed by atoms with van der Waals surface area (Å²) in [6.45, 7) is 1.10. The zero-order valence-electron chi connectivity index (χ0n) is 14.1. The van der Waals surface area contributed by atoms with Crippen LogP contribution in [-0.2, 0) is 16.1 Å². The molecule has 1 aromatic heterocycles. The van der Waals surface area contributed by atoms with E-state index in [-0.39, 0.29) is 24.3 Å². The van der Waals surface area contributed by atoms with Crippen LogP contribution >= 0.6 is 11.7 Å². The van der Waals surface area contributed by atoms with Crippen LogP contribution in [0.3, 0.4) is 0 Å². The summed E-state index contributed by atoms with van der Waals surface area (Å²) in [5, 5.41) is 2.88. The highest BCUT2D eigenvalue weighted by molar-refractivity contribution is 7.00. The first kappa shape index (κ1) is 16.7. The fourth-order valence-electron chi connectivity index (χ4n) is 3.24. The third-order valence-corrected chi connectivity index (χ3v) is 5.18. The number of likely N-dealkylation sites (tertiary alicyclic amines) is 1. The maximum atomic E-state index is 12.2. The fraction of sp³-hybridized carbons (Fsp3) is 0.263. The molecule has 2 aromatic carbocycles. The van der Waals surface area contributed by atoms with E-state index in [0.29, 0.717) is 19.5 Å². The molecule has 0 aliphatic carbocycles. The maximum Gasteiger partial charge on any atom is 0.239 e. The predicted octanol–water partition coefficient (Wildman–Crippen LogP) is 2.32. The number of aromatic nitrogens is 2. The van der Waals surface area contributed by atoms with Crippen molar-refractivity contribution in [3.05, 3.63) is 59.7 Å². The third kappa shape index (κ3) is 3.57. The van der Waals surface area contributed by atoms with E-state index in [1.54, 1.807) is 4.90 Å². The number of rotatable bonds is 5. The highest BCUT2D eigenvalue weighted by Crippen LogP contribution is 2.27. The molecule has 1 aliphatic rings. The van der Waals surface area contributed by atoms with Crippen molar-refractivity contribution in [1.29, 1.82) is 0 Å². The summed E-state index contributed by atoms with van der Waals surface area (Å²) in [5.74, 6) is 0.0450. The van der Waals surface area contributed by atoms with E-state index in [1.165, 1.54) is 11.7 Å². The molecule has 4 rings (SSSR count). The van der Waals surface area contributed by atoms with Gasteiger partial charge < -0.3 is 10.2 Å². The lowest BCUT2D eigenvalue weighted by Crippen LogP contribution is -2.37. The quantitative estimate of drug-likeness (QED) is 0.752. The minimum Gasteiger partial charge on any atom is -0.350 e. The van der Waals surface area contributed by atoms with Crippen molar-refractivity contribution < 1.29 is 9.59 Å². The predicted molar refractivity (Wildman–Crippen MR) is 99.6 cm³/mol. The van der Waals surface area contributed by atoms with Gasteiger partial charge in [0.1, 0.15) is 11.0 Å². The van der Waals surface area contributed by atoms with E-state index in [9.17, 15) is 9.59 Å². The van der Waals surface area contributed by atoms with Gasteiger partial charge in [0, 0.05) is 25.4 Å². The van der Waals surface area contributed by atoms with E-state index < -0.39 is 0 Å². The molecule has 0 bridgehead atoms. The monoisotopic (exact) mass is 366 g/mol. The maximum absolute atomic E-state index is 12.2. The van der Waals surface area contributed by atoms with Gasteiger partial charge in [0.2, 0.25) is 11.8 Å². The summed E-state index contributed by atoms with van der Waals surface area (Å²) in [6, 6.07) is 15.7. The summed E-state index contributed by atoms with van der Waals surface area (Å²) in [7, 11) is 0. The summed E-state index contributed by atoms with van der Waals surface area (Å²) >= 11 is 1.17. The Kier molecular flexibility index (Phi) is 4.62. The smallest absolute Gasteiger partial charge is 0.239 e. The Balaban J connectivity index is 1.32. The van der Waals surface area contributed by atoms with E-state index >= 15 is 0 Å². The van der Waals surface area contributed by atoms with Gasteiger partial charge in [-0.1, -0.05) is 36.4 Å². The topological polar surface area (TPSA) is 75.2 Å². The molecule has 0 spiro atoms. The Bertz CT molecular complexity index is 941. The minimum absolute atomic E-state index is 0.0315. The largest absolute Gasteiger partial charge is 0.350 e. The molecule has 0 saturated carbocycles. The molecule has 0 radical (unpaired) electrons. The number of hydrogen-bond donors (Lipinski definition) is 1. The first-order valence-corrected chi connectivity index (χ1v) is 9.23. The number of hydrogen-bond acceptors (Lipinski definition) is 5. The zero-order valence-corrected chi connectivity index (χ0v) is 14.9. The molecular weight excluding hydrogens is 348 g/mol. The molecule has 1 N–H and O–H groups in total. The summed E-state index contributed by atoms with van der Waals surface area (Å²) < 4.78 is 8.36. The van der Waals surface area contributed by atoms with E-state index in [2.05, 4.69) is 14.1 Å². The van der Waals surface area contributed by atoms with Crippen LogP contribution < -0.4 is 5.32 Å². The first-order valence-electron chi connectivity index (χ1n) is 8.49. The Hall–Kier alpha value is -2.80. The van der Waals surface area contributed by atoms with Gasteiger partial charge in [-0.2, -0.15) is 8.75 Å². The minimum atomic E-state index is -0.149. The second-order valence-corrected chi connectivity index (χ2v) is 6.98. The molecule has 1 atom stereocenters. The fourth-order valence-corrected chi connectivity index (χ4v) is 3.76. The number of carbonyl (C=O) groups excluding carboxylic acids is 2. The van der Waals surface area contributed by atoms with Crippen LogP contribution in [0.25, 0.3) is 11.0 Å². The van der Waals surface area contributed by atoms with Crippen molar-refractivity contribution in [3.63, 3.8) is 0 Å². The molecule has 1 saturated heterocycles. The Morgan fingerprint density at radius 1 is 1.15 bits per heavy atom. The van der Waals surface area contributed by atoms with Crippen LogP contribution in [0.5, 0.6) is 0 Å².